The second-order valence-electron chi connectivity index (χ2n) is 9.20. The molecule has 1 aromatic heterocycles. The normalized spacial score (nSPS) is 15.4. The second kappa shape index (κ2) is 13.6. The van der Waals surface area contributed by atoms with Gasteiger partial charge in [0.25, 0.3) is 11.5 Å². The van der Waals surface area contributed by atoms with Crippen molar-refractivity contribution in [3.8, 4) is 0 Å². The van der Waals surface area contributed by atoms with Crippen LogP contribution in [0.2, 0.25) is 0 Å². The van der Waals surface area contributed by atoms with Crippen molar-refractivity contribution >= 4 is 23.8 Å². The number of anilines is 1. The van der Waals surface area contributed by atoms with E-state index in [4.69, 9.17) is 15.2 Å². The van der Waals surface area contributed by atoms with Crippen LogP contribution in [0.1, 0.15) is 73.1 Å². The van der Waals surface area contributed by atoms with Gasteiger partial charge in [-0.05, 0) is 82.4 Å². The second-order valence-corrected chi connectivity index (χ2v) is 9.20. The lowest BCUT2D eigenvalue weighted by Gasteiger charge is -2.23. The molecule has 1 aliphatic carbocycles. The summed E-state index contributed by atoms with van der Waals surface area (Å²) in [5.74, 6) is -0.816. The Hall–Kier alpha value is -3.69. The Labute approximate surface area is 216 Å². The predicted octanol–water partition coefficient (Wildman–Crippen LogP) is 2.48. The van der Waals surface area contributed by atoms with Gasteiger partial charge in [0.15, 0.2) is 0 Å². The summed E-state index contributed by atoms with van der Waals surface area (Å²) in [5, 5.41) is 2.67. The van der Waals surface area contributed by atoms with Crippen molar-refractivity contribution in [3.05, 3.63) is 57.0 Å². The van der Waals surface area contributed by atoms with Gasteiger partial charge in [-0.25, -0.2) is 9.78 Å². The largest absolute Gasteiger partial charge is 0.466 e. The number of ether oxygens (including phenoxy) is 2. The zero-order valence-electron chi connectivity index (χ0n) is 21.5. The van der Waals surface area contributed by atoms with Crippen molar-refractivity contribution in [2.24, 2.45) is 5.92 Å². The van der Waals surface area contributed by atoms with Gasteiger partial charge in [-0.15, -0.1) is 0 Å². The summed E-state index contributed by atoms with van der Waals surface area (Å²) in [6, 6.07) is 6.33. The maximum absolute atomic E-state index is 12.7. The predicted molar refractivity (Wildman–Crippen MR) is 138 cm³/mol. The summed E-state index contributed by atoms with van der Waals surface area (Å²) in [6.07, 6.45) is 5.38. The first-order valence-corrected chi connectivity index (χ1v) is 12.9. The summed E-state index contributed by atoms with van der Waals surface area (Å²) in [5.41, 5.74) is 8.61. The maximum Gasteiger partial charge on any atom is 0.328 e. The van der Waals surface area contributed by atoms with Crippen LogP contribution in [0.25, 0.3) is 0 Å². The zero-order valence-corrected chi connectivity index (χ0v) is 21.5. The van der Waals surface area contributed by atoms with E-state index in [1.165, 1.54) is 0 Å². The summed E-state index contributed by atoms with van der Waals surface area (Å²) < 4.78 is 9.95. The summed E-state index contributed by atoms with van der Waals surface area (Å²) in [7, 11) is 0. The van der Waals surface area contributed by atoms with Gasteiger partial charge in [-0.2, -0.15) is 0 Å². The van der Waals surface area contributed by atoms with Crippen molar-refractivity contribution in [3.63, 3.8) is 0 Å². The molecule has 0 bridgehead atoms. The highest BCUT2D eigenvalue weighted by molar-refractivity contribution is 5.96. The third kappa shape index (κ3) is 8.16. The number of nitrogens with one attached hydrogen (secondary N) is 2. The maximum atomic E-state index is 12.7. The Morgan fingerprint density at radius 2 is 1.89 bits per heavy atom. The number of nitrogens with zero attached hydrogens (tertiary/aromatic N) is 1. The molecule has 10 nitrogen and oxygen atoms in total. The molecule has 1 aromatic carbocycles. The Bertz CT molecular complexity index is 1140. The molecule has 1 aliphatic rings. The lowest BCUT2D eigenvalue weighted by Crippen LogP contribution is -2.42. The smallest absolute Gasteiger partial charge is 0.328 e. The van der Waals surface area contributed by atoms with Gasteiger partial charge in [0.1, 0.15) is 6.04 Å². The van der Waals surface area contributed by atoms with E-state index in [9.17, 15) is 19.2 Å². The van der Waals surface area contributed by atoms with Crippen LogP contribution >= 0.6 is 0 Å². The average molecular weight is 513 g/mol. The molecule has 0 radical (unpaired) electrons. The standard InChI is InChI=1S/C27H36N4O6/c1-3-36-23(32)15-14-22(26(35)37-4-2)29-24(33)19-11-8-17(9-12-19)6-5-7-18-10-13-21-20(16-18)25(34)31-27(28)30-21/h8-9,11-12,18,22H,3-7,10,13-16H2,1-2H3,(H,29,33)(H3,28,30,31,34)/t18?,22-/m1/s1. The van der Waals surface area contributed by atoms with E-state index in [0.717, 1.165) is 55.3 Å². The van der Waals surface area contributed by atoms with Gasteiger partial charge >= 0.3 is 11.9 Å². The van der Waals surface area contributed by atoms with Gasteiger partial charge in [0.05, 0.1) is 18.9 Å². The van der Waals surface area contributed by atoms with Gasteiger partial charge in [-0.1, -0.05) is 12.1 Å². The molecule has 37 heavy (non-hydrogen) atoms. The number of nitrogens with two attached hydrogens (primary N) is 1. The van der Waals surface area contributed by atoms with Crippen molar-refractivity contribution in [2.75, 3.05) is 18.9 Å². The Balaban J connectivity index is 1.50. The molecule has 4 N–H and O–H groups in total. The number of aromatic amines is 1. The molecule has 0 fully saturated rings. The number of esters is 2. The number of nitrogen functional groups attached to an aromatic ring is 1. The van der Waals surface area contributed by atoms with Crippen molar-refractivity contribution < 1.29 is 23.9 Å². The number of fused-ring (bicyclic) bond motifs is 1. The van der Waals surface area contributed by atoms with Crippen molar-refractivity contribution in [1.29, 1.82) is 0 Å². The topological polar surface area (TPSA) is 153 Å². The third-order valence-corrected chi connectivity index (χ3v) is 6.51. The molecule has 0 saturated heterocycles. The minimum absolute atomic E-state index is 0.00206. The van der Waals surface area contributed by atoms with Crippen LogP contribution in [-0.4, -0.2) is 47.1 Å². The van der Waals surface area contributed by atoms with E-state index in [2.05, 4.69) is 15.3 Å². The highest BCUT2D eigenvalue weighted by Crippen LogP contribution is 2.26. The molecule has 200 valence electrons. The number of aromatic nitrogens is 2. The lowest BCUT2D eigenvalue weighted by molar-refractivity contribution is -0.146. The third-order valence-electron chi connectivity index (χ3n) is 6.51. The SMILES string of the molecule is CCOC(=O)CC[C@@H](NC(=O)c1ccc(CCCC2CCc3nc(N)[nH]c(=O)c3C2)cc1)C(=O)OCC. The van der Waals surface area contributed by atoms with Crippen molar-refractivity contribution in [1.82, 2.24) is 15.3 Å². The monoisotopic (exact) mass is 512 g/mol. The van der Waals surface area contributed by atoms with Crippen molar-refractivity contribution in [2.45, 2.75) is 71.3 Å². The van der Waals surface area contributed by atoms with Crippen LogP contribution in [-0.2, 0) is 38.3 Å². The van der Waals surface area contributed by atoms with Gasteiger partial charge in [-0.3, -0.25) is 19.4 Å². The Morgan fingerprint density at radius 3 is 2.59 bits per heavy atom. The molecule has 0 spiro atoms. The van der Waals surface area contributed by atoms with Gasteiger partial charge < -0.3 is 20.5 Å². The van der Waals surface area contributed by atoms with E-state index in [-0.39, 0.29) is 37.6 Å². The Kier molecular flexibility index (Phi) is 10.2. The molecule has 0 aliphatic heterocycles. The zero-order chi connectivity index (χ0) is 26.8. The number of rotatable bonds is 12. The van der Waals surface area contributed by atoms with Gasteiger partial charge in [0.2, 0.25) is 5.95 Å². The first kappa shape index (κ1) is 27.9. The molecule has 1 heterocycles. The summed E-state index contributed by atoms with van der Waals surface area (Å²) >= 11 is 0. The lowest BCUT2D eigenvalue weighted by atomic mass is 9.83. The number of amides is 1. The van der Waals surface area contributed by atoms with E-state index < -0.39 is 23.9 Å². The number of H-pyrrole nitrogens is 1. The van der Waals surface area contributed by atoms with Crippen LogP contribution in [0.3, 0.4) is 0 Å². The van der Waals surface area contributed by atoms with E-state index >= 15 is 0 Å². The molecule has 1 amide bonds. The number of carbonyl (C=O) groups is 3. The van der Waals surface area contributed by atoms with Crippen LogP contribution < -0.4 is 16.6 Å². The minimum atomic E-state index is -0.934. The fourth-order valence-electron chi connectivity index (χ4n) is 4.61. The van der Waals surface area contributed by atoms with Crippen LogP contribution in [0, 0.1) is 5.92 Å². The number of hydrogen-bond donors (Lipinski definition) is 3. The molecule has 2 aromatic rings. The first-order chi connectivity index (χ1) is 17.8. The number of carbonyl (C=O) groups excluding carboxylic acids is 3. The van der Waals surface area contributed by atoms with E-state index in [0.29, 0.717) is 11.5 Å². The first-order valence-electron chi connectivity index (χ1n) is 12.9. The minimum Gasteiger partial charge on any atom is -0.466 e. The van der Waals surface area contributed by atoms with Crippen LogP contribution in [0.4, 0.5) is 5.95 Å². The molecule has 2 atom stereocenters. The van der Waals surface area contributed by atoms with Crippen LogP contribution in [0.5, 0.6) is 0 Å². The molecule has 3 rings (SSSR count). The molecule has 10 heteroatoms. The summed E-state index contributed by atoms with van der Waals surface area (Å²) in [4.78, 5) is 55.7. The fourth-order valence-corrected chi connectivity index (χ4v) is 4.61. The number of benzene rings is 1. The van der Waals surface area contributed by atoms with Crippen LogP contribution in [0.15, 0.2) is 29.1 Å². The van der Waals surface area contributed by atoms with E-state index in [1.54, 1.807) is 26.0 Å². The summed E-state index contributed by atoms with van der Waals surface area (Å²) in [6.45, 7) is 3.82. The molecular formula is C27H36N4O6. The highest BCUT2D eigenvalue weighted by Gasteiger charge is 2.24. The molecule has 1 unspecified atom stereocenters. The molecular weight excluding hydrogens is 476 g/mol. The fraction of sp³-hybridized carbons (Fsp3) is 0.519. The number of hydrogen-bond acceptors (Lipinski definition) is 8. The highest BCUT2D eigenvalue weighted by atomic mass is 16.5. The molecule has 0 saturated carbocycles. The Morgan fingerprint density at radius 1 is 1.16 bits per heavy atom. The average Bonchev–Trinajstić information content (AvgIpc) is 2.87. The van der Waals surface area contributed by atoms with Gasteiger partial charge in [0, 0.05) is 17.5 Å². The number of aryl methyl sites for hydroxylation is 2. The quantitative estimate of drug-likeness (QED) is 0.367. The van der Waals surface area contributed by atoms with E-state index in [1.807, 2.05) is 12.1 Å².